The van der Waals surface area contributed by atoms with Crippen molar-refractivity contribution < 1.29 is 27.9 Å². The summed E-state index contributed by atoms with van der Waals surface area (Å²) in [5, 5.41) is 21.7. The molecule has 1 saturated carbocycles. The highest BCUT2D eigenvalue weighted by Crippen LogP contribution is 2.44. The number of fused-ring (bicyclic) bond motifs is 1. The average molecular weight is 587 g/mol. The monoisotopic (exact) mass is 586 g/mol. The molecule has 0 atom stereocenters. The Morgan fingerprint density at radius 1 is 1.02 bits per heavy atom. The van der Waals surface area contributed by atoms with Crippen molar-refractivity contribution in [2.45, 2.75) is 25.9 Å². The van der Waals surface area contributed by atoms with Crippen LogP contribution in [-0.2, 0) is 18.0 Å². The molecule has 3 aromatic carbocycles. The molecule has 2 heterocycles. The van der Waals surface area contributed by atoms with Gasteiger partial charge in [0.15, 0.2) is 0 Å². The number of alkyl halides is 3. The highest BCUT2D eigenvalue weighted by molar-refractivity contribution is 6.07. The second-order valence-electron chi connectivity index (χ2n) is 10.5. The van der Waals surface area contributed by atoms with E-state index in [1.165, 1.54) is 12.1 Å². The molecule has 3 N–H and O–H groups in total. The van der Waals surface area contributed by atoms with Crippen LogP contribution in [0.4, 0.5) is 24.8 Å². The number of anilines is 2. The van der Waals surface area contributed by atoms with Gasteiger partial charge in [-0.1, -0.05) is 12.1 Å². The Kier molecular flexibility index (Phi) is 6.83. The highest BCUT2D eigenvalue weighted by atomic mass is 19.4. The fraction of sp³-hybridized carbons (Fsp3) is 0.194. The van der Waals surface area contributed by atoms with Crippen LogP contribution in [0.15, 0.2) is 67.1 Å². The lowest BCUT2D eigenvalue weighted by Crippen LogP contribution is -2.15. The lowest BCUT2D eigenvalue weighted by atomic mass is 9.92. The van der Waals surface area contributed by atoms with E-state index >= 15 is 0 Å². The molecule has 6 rings (SSSR count). The molecule has 1 aliphatic carbocycles. The molecule has 0 bridgehead atoms. The van der Waals surface area contributed by atoms with Crippen molar-refractivity contribution in [3.8, 4) is 28.0 Å². The molecule has 2 amide bonds. The predicted molar refractivity (Wildman–Crippen MR) is 154 cm³/mol. The molecule has 0 radical (unpaired) electrons. The van der Waals surface area contributed by atoms with Crippen LogP contribution in [0.1, 0.15) is 34.3 Å². The molecule has 0 unspecified atom stereocenters. The molecule has 9 nitrogen and oxygen atoms in total. The van der Waals surface area contributed by atoms with Gasteiger partial charge in [0.25, 0.3) is 5.91 Å². The smallest absolute Gasteiger partial charge is 0.416 e. The third-order valence-corrected chi connectivity index (χ3v) is 7.26. The SMILES string of the molecule is Cc1ccc(C(=O)Nc2cccc(C(F)(F)F)c2)cc1-c1cc2cnc(NC(=O)C3CC3)nc2c(-c2cnn(C)c2)c1O. The number of rotatable bonds is 6. The number of amides is 2. The lowest BCUT2D eigenvalue weighted by molar-refractivity contribution is -0.137. The summed E-state index contributed by atoms with van der Waals surface area (Å²) in [6, 6.07) is 10.9. The van der Waals surface area contributed by atoms with E-state index in [-0.39, 0.29) is 34.8 Å². The van der Waals surface area contributed by atoms with Crippen LogP contribution in [0, 0.1) is 12.8 Å². The number of aromatic nitrogens is 4. The summed E-state index contributed by atoms with van der Waals surface area (Å²) in [5.74, 6) is -0.830. The topological polar surface area (TPSA) is 122 Å². The van der Waals surface area contributed by atoms with Crippen LogP contribution < -0.4 is 10.6 Å². The first-order valence-corrected chi connectivity index (χ1v) is 13.4. The van der Waals surface area contributed by atoms with Gasteiger partial charge in [-0.15, -0.1) is 0 Å². The van der Waals surface area contributed by atoms with Gasteiger partial charge in [0.2, 0.25) is 11.9 Å². The summed E-state index contributed by atoms with van der Waals surface area (Å²) in [5.41, 5.74) is 2.26. The Morgan fingerprint density at radius 3 is 2.51 bits per heavy atom. The van der Waals surface area contributed by atoms with Gasteiger partial charge in [0.1, 0.15) is 5.75 Å². The maximum absolute atomic E-state index is 13.2. The van der Waals surface area contributed by atoms with Gasteiger partial charge in [-0.05, 0) is 67.3 Å². The van der Waals surface area contributed by atoms with Crippen molar-refractivity contribution in [2.24, 2.45) is 13.0 Å². The van der Waals surface area contributed by atoms with Gasteiger partial charge in [0.05, 0.1) is 22.8 Å². The Labute approximate surface area is 243 Å². The second kappa shape index (κ2) is 10.5. The number of benzene rings is 3. The maximum atomic E-state index is 13.2. The van der Waals surface area contributed by atoms with E-state index in [2.05, 4.69) is 25.7 Å². The molecule has 1 fully saturated rings. The van der Waals surface area contributed by atoms with E-state index in [1.807, 2.05) is 6.92 Å². The van der Waals surface area contributed by atoms with E-state index in [1.54, 1.807) is 54.6 Å². The van der Waals surface area contributed by atoms with Gasteiger partial charge in [0, 0.05) is 53.1 Å². The number of carbonyl (C=O) groups excluding carboxylic acids is 2. The summed E-state index contributed by atoms with van der Waals surface area (Å²) in [6.07, 6.45) is 1.93. The van der Waals surface area contributed by atoms with Crippen molar-refractivity contribution in [3.63, 3.8) is 0 Å². The quantitative estimate of drug-likeness (QED) is 0.214. The molecule has 2 aromatic heterocycles. The van der Waals surface area contributed by atoms with Crippen LogP contribution in [0.5, 0.6) is 5.75 Å². The van der Waals surface area contributed by atoms with Gasteiger partial charge >= 0.3 is 6.18 Å². The van der Waals surface area contributed by atoms with Crippen LogP contribution in [0.3, 0.4) is 0 Å². The fourth-order valence-electron chi connectivity index (χ4n) is 4.84. The minimum Gasteiger partial charge on any atom is -0.507 e. The van der Waals surface area contributed by atoms with Gasteiger partial charge in [-0.25, -0.2) is 9.97 Å². The predicted octanol–water partition coefficient (Wildman–Crippen LogP) is 6.33. The number of hydrogen-bond acceptors (Lipinski definition) is 6. The molecule has 43 heavy (non-hydrogen) atoms. The number of carbonyl (C=O) groups is 2. The van der Waals surface area contributed by atoms with Gasteiger partial charge in [-0.3, -0.25) is 19.6 Å². The Morgan fingerprint density at radius 2 is 1.81 bits per heavy atom. The van der Waals surface area contributed by atoms with Crippen LogP contribution in [0.2, 0.25) is 0 Å². The number of aryl methyl sites for hydroxylation is 2. The van der Waals surface area contributed by atoms with E-state index < -0.39 is 17.6 Å². The number of hydrogen-bond donors (Lipinski definition) is 3. The van der Waals surface area contributed by atoms with Crippen LogP contribution in [-0.4, -0.2) is 36.7 Å². The van der Waals surface area contributed by atoms with Gasteiger partial charge < -0.3 is 10.4 Å². The first-order valence-electron chi connectivity index (χ1n) is 13.4. The number of halogens is 3. The highest BCUT2D eigenvalue weighted by Gasteiger charge is 2.31. The minimum absolute atomic E-state index is 0.00362. The van der Waals surface area contributed by atoms with E-state index in [0.717, 1.165) is 30.5 Å². The number of phenols is 1. The second-order valence-corrected chi connectivity index (χ2v) is 10.5. The van der Waals surface area contributed by atoms with E-state index in [0.29, 0.717) is 33.2 Å². The maximum Gasteiger partial charge on any atom is 0.416 e. The van der Waals surface area contributed by atoms with Gasteiger partial charge in [-0.2, -0.15) is 18.3 Å². The first kappa shape index (κ1) is 27.9. The van der Waals surface area contributed by atoms with E-state index in [4.69, 9.17) is 0 Å². The molecule has 0 saturated heterocycles. The standard InChI is InChI=1S/C31H25F3N6O3/c1-16-6-7-18(29(43)37-22-5-3-4-21(12-22)31(32,33)34)10-23(16)24-11-19-13-35-30(39-28(42)17-8-9-17)38-26(19)25(27(24)41)20-14-36-40(2)15-20/h3-7,10-15,17,41H,8-9H2,1-2H3,(H,37,43)(H,35,38,39,42). The molecule has 0 spiro atoms. The Balaban J connectivity index is 1.42. The zero-order chi connectivity index (χ0) is 30.5. The minimum atomic E-state index is -4.55. The average Bonchev–Trinajstić information content (AvgIpc) is 3.74. The van der Waals surface area contributed by atoms with Crippen molar-refractivity contribution in [2.75, 3.05) is 10.6 Å². The van der Waals surface area contributed by atoms with Crippen molar-refractivity contribution in [1.29, 1.82) is 0 Å². The largest absolute Gasteiger partial charge is 0.507 e. The molecule has 218 valence electrons. The fourth-order valence-corrected chi connectivity index (χ4v) is 4.84. The molecule has 1 aliphatic rings. The zero-order valence-corrected chi connectivity index (χ0v) is 23.0. The third-order valence-electron chi connectivity index (χ3n) is 7.26. The summed E-state index contributed by atoms with van der Waals surface area (Å²) >= 11 is 0. The Bertz CT molecular complexity index is 1910. The van der Waals surface area contributed by atoms with Crippen molar-refractivity contribution in [1.82, 2.24) is 19.7 Å². The first-order chi connectivity index (χ1) is 20.5. The number of nitrogens with zero attached hydrogens (tertiary/aromatic N) is 4. The summed E-state index contributed by atoms with van der Waals surface area (Å²) in [6.45, 7) is 1.81. The number of phenolic OH excluding ortho intramolecular Hbond substituents is 1. The van der Waals surface area contributed by atoms with Crippen molar-refractivity contribution in [3.05, 3.63) is 83.8 Å². The van der Waals surface area contributed by atoms with Crippen LogP contribution in [0.25, 0.3) is 33.2 Å². The molecule has 12 heteroatoms. The summed E-state index contributed by atoms with van der Waals surface area (Å²) in [4.78, 5) is 34.3. The molecule has 0 aliphatic heterocycles. The molecular formula is C31H25F3N6O3. The summed E-state index contributed by atoms with van der Waals surface area (Å²) < 4.78 is 41.1. The Hall–Kier alpha value is -5.26. The summed E-state index contributed by atoms with van der Waals surface area (Å²) in [7, 11) is 1.74. The normalized spacial score (nSPS) is 13.2. The lowest BCUT2D eigenvalue weighted by Gasteiger charge is -2.16. The van der Waals surface area contributed by atoms with Crippen molar-refractivity contribution >= 4 is 34.4 Å². The number of aromatic hydroxyl groups is 1. The van der Waals surface area contributed by atoms with E-state index in [9.17, 15) is 27.9 Å². The van der Waals surface area contributed by atoms with Crippen LogP contribution >= 0.6 is 0 Å². The molecule has 5 aromatic rings. The molecular weight excluding hydrogens is 561 g/mol. The number of nitrogens with one attached hydrogen (secondary N) is 2. The third kappa shape index (κ3) is 5.63. The zero-order valence-electron chi connectivity index (χ0n) is 23.0.